The molecule has 0 saturated carbocycles. The molecule has 1 fully saturated rings. The largest absolute Gasteiger partial charge is 0.391 e. The number of halogens is 1. The molecule has 1 N–H and O–H groups in total. The fraction of sp³-hybridized carbons (Fsp3) is 0.375. The minimum atomic E-state index is -0.655. The highest BCUT2D eigenvalue weighted by molar-refractivity contribution is 5.92. The van der Waals surface area contributed by atoms with Crippen molar-refractivity contribution < 1.29 is 23.6 Å². The molecule has 1 amide bonds. The number of aliphatic hydroxyl groups is 1. The van der Waals surface area contributed by atoms with E-state index in [1.807, 2.05) is 0 Å². The third-order valence-electron chi connectivity index (χ3n) is 3.84. The number of hydrogen-bond donors (Lipinski definition) is 1. The van der Waals surface area contributed by atoms with Gasteiger partial charge in [0.1, 0.15) is 12.4 Å². The minimum Gasteiger partial charge on any atom is -0.391 e. The van der Waals surface area contributed by atoms with Crippen LogP contribution in [0, 0.1) is 5.82 Å². The lowest BCUT2D eigenvalue weighted by Crippen LogP contribution is -2.32. The average Bonchev–Trinajstić information content (AvgIpc) is 3.14. The summed E-state index contributed by atoms with van der Waals surface area (Å²) < 4.78 is 23.4. The van der Waals surface area contributed by atoms with E-state index in [0.717, 1.165) is 0 Å². The van der Waals surface area contributed by atoms with Gasteiger partial charge in [-0.1, -0.05) is 17.3 Å². The number of aliphatic hydroxyl groups excluding tert-OH is 1. The van der Waals surface area contributed by atoms with Gasteiger partial charge in [-0.2, -0.15) is 0 Å². The molecule has 2 atom stereocenters. The van der Waals surface area contributed by atoms with Crippen molar-refractivity contribution in [1.29, 1.82) is 0 Å². The molecule has 1 aromatic heterocycles. The van der Waals surface area contributed by atoms with Gasteiger partial charge < -0.3 is 19.3 Å². The Hall–Kier alpha value is -2.25. The first-order chi connectivity index (χ1) is 11.1. The molecule has 23 heavy (non-hydrogen) atoms. The summed E-state index contributed by atoms with van der Waals surface area (Å²) in [6.45, 7) is 0.392. The molecule has 7 heteroatoms. The number of ether oxygens (including phenoxy) is 1. The molecular formula is C16H17FN2O4. The number of nitrogens with zero attached hydrogens (tertiary/aromatic N) is 2. The van der Waals surface area contributed by atoms with Crippen molar-refractivity contribution in [1.82, 2.24) is 10.1 Å². The Labute approximate surface area is 132 Å². The van der Waals surface area contributed by atoms with Gasteiger partial charge in [-0.15, -0.1) is 0 Å². The van der Waals surface area contributed by atoms with Crippen molar-refractivity contribution in [3.05, 3.63) is 53.2 Å². The second-order valence-corrected chi connectivity index (χ2v) is 5.53. The van der Waals surface area contributed by atoms with E-state index < -0.39 is 12.1 Å². The second kappa shape index (κ2) is 6.47. The number of benzene rings is 1. The van der Waals surface area contributed by atoms with Gasteiger partial charge in [-0.05, 0) is 24.1 Å². The van der Waals surface area contributed by atoms with Crippen molar-refractivity contribution in [3.63, 3.8) is 0 Å². The van der Waals surface area contributed by atoms with Crippen LogP contribution < -0.4 is 0 Å². The number of carbonyl (C=O) groups excluding carboxylic acids is 1. The maximum atomic E-state index is 13.4. The second-order valence-electron chi connectivity index (χ2n) is 5.53. The lowest BCUT2D eigenvalue weighted by atomic mass is 10.0. The number of carbonyl (C=O) groups is 1. The molecular weight excluding hydrogens is 303 g/mol. The molecule has 0 radical (unpaired) electrons. The maximum absolute atomic E-state index is 13.4. The van der Waals surface area contributed by atoms with E-state index in [1.54, 1.807) is 12.1 Å². The zero-order valence-electron chi connectivity index (χ0n) is 12.6. The number of β-amino-alcohol motifs (C(OH)–C–C–N with tert-alkyl or cyclic N) is 1. The zero-order valence-corrected chi connectivity index (χ0v) is 12.6. The number of amides is 1. The van der Waals surface area contributed by atoms with Crippen molar-refractivity contribution in [3.8, 4) is 0 Å². The van der Waals surface area contributed by atoms with Crippen LogP contribution in [0.4, 0.5) is 4.39 Å². The van der Waals surface area contributed by atoms with Crippen LogP contribution in [0.5, 0.6) is 0 Å². The topological polar surface area (TPSA) is 75.8 Å². The lowest BCUT2D eigenvalue weighted by molar-refractivity contribution is 0.0704. The third-order valence-corrected chi connectivity index (χ3v) is 3.84. The Morgan fingerprint density at radius 1 is 1.52 bits per heavy atom. The van der Waals surface area contributed by atoms with Gasteiger partial charge in [-0.25, -0.2) is 4.39 Å². The van der Waals surface area contributed by atoms with E-state index in [4.69, 9.17) is 9.26 Å². The predicted octanol–water partition coefficient (Wildman–Crippen LogP) is 1.91. The molecule has 0 spiro atoms. The van der Waals surface area contributed by atoms with Gasteiger partial charge in [0.2, 0.25) is 0 Å². The van der Waals surface area contributed by atoms with Crippen LogP contribution in [0.25, 0.3) is 0 Å². The first-order valence-corrected chi connectivity index (χ1v) is 7.27. The Bertz CT molecular complexity index is 703. The highest BCUT2D eigenvalue weighted by Gasteiger charge is 2.37. The van der Waals surface area contributed by atoms with Gasteiger partial charge in [0.25, 0.3) is 5.91 Å². The van der Waals surface area contributed by atoms with Gasteiger partial charge >= 0.3 is 0 Å². The number of rotatable bonds is 4. The third kappa shape index (κ3) is 3.25. The van der Waals surface area contributed by atoms with E-state index in [9.17, 15) is 14.3 Å². The maximum Gasteiger partial charge on any atom is 0.276 e. The molecule has 1 aromatic carbocycles. The first kappa shape index (κ1) is 15.6. The van der Waals surface area contributed by atoms with Gasteiger partial charge in [0, 0.05) is 19.7 Å². The number of aromatic nitrogens is 1. The standard InChI is InChI=1S/C16H17FN2O4/c1-22-9-13-7-14(18-23-13)16(21)19-8-12(20)6-15(19)10-3-2-4-11(17)5-10/h2-5,7,12,15,20H,6,8-9H2,1H3/t12-,15-/m0/s1. The van der Waals surface area contributed by atoms with Crippen molar-refractivity contribution >= 4 is 5.91 Å². The summed E-state index contributed by atoms with van der Waals surface area (Å²) in [6, 6.07) is 7.17. The summed E-state index contributed by atoms with van der Waals surface area (Å²) >= 11 is 0. The molecule has 2 aromatic rings. The van der Waals surface area contributed by atoms with E-state index >= 15 is 0 Å². The molecule has 1 aliphatic heterocycles. The Kier molecular flexibility index (Phi) is 4.40. The SMILES string of the molecule is COCc1cc(C(=O)N2C[C@@H](O)C[C@H]2c2cccc(F)c2)no1. The summed E-state index contributed by atoms with van der Waals surface area (Å²) in [5, 5.41) is 13.7. The Balaban J connectivity index is 1.85. The van der Waals surface area contributed by atoms with Crippen LogP contribution in [0.2, 0.25) is 0 Å². The number of methoxy groups -OCH3 is 1. The van der Waals surface area contributed by atoms with E-state index in [2.05, 4.69) is 5.16 Å². The molecule has 1 saturated heterocycles. The van der Waals surface area contributed by atoms with Crippen molar-refractivity contribution in [2.75, 3.05) is 13.7 Å². The summed E-state index contributed by atoms with van der Waals surface area (Å²) in [4.78, 5) is 14.1. The molecule has 6 nitrogen and oxygen atoms in total. The van der Waals surface area contributed by atoms with Crippen LogP contribution in [0.1, 0.15) is 34.3 Å². The zero-order chi connectivity index (χ0) is 16.4. The van der Waals surface area contributed by atoms with Gasteiger partial charge in [-0.3, -0.25) is 4.79 Å². The van der Waals surface area contributed by atoms with Crippen LogP contribution in [0.15, 0.2) is 34.9 Å². The molecule has 1 aliphatic rings. The van der Waals surface area contributed by atoms with E-state index in [1.165, 1.54) is 30.2 Å². The minimum absolute atomic E-state index is 0.146. The fourth-order valence-electron chi connectivity index (χ4n) is 2.84. The normalized spacial score (nSPS) is 20.9. The molecule has 0 aliphatic carbocycles. The average molecular weight is 320 g/mol. The molecule has 122 valence electrons. The van der Waals surface area contributed by atoms with Crippen LogP contribution >= 0.6 is 0 Å². The van der Waals surface area contributed by atoms with Gasteiger partial charge in [0.15, 0.2) is 11.5 Å². The predicted molar refractivity (Wildman–Crippen MR) is 78.0 cm³/mol. The first-order valence-electron chi connectivity index (χ1n) is 7.27. The van der Waals surface area contributed by atoms with Crippen LogP contribution in [-0.2, 0) is 11.3 Å². The summed E-state index contributed by atoms with van der Waals surface area (Å²) in [5.41, 5.74) is 0.795. The summed E-state index contributed by atoms with van der Waals surface area (Å²) in [6.07, 6.45) is -0.296. The highest BCUT2D eigenvalue weighted by Crippen LogP contribution is 2.33. The van der Waals surface area contributed by atoms with Crippen LogP contribution in [-0.4, -0.2) is 40.8 Å². The summed E-state index contributed by atoms with van der Waals surface area (Å²) in [5.74, 6) is -0.292. The highest BCUT2D eigenvalue weighted by atomic mass is 19.1. The molecule has 3 rings (SSSR count). The molecule has 0 unspecified atom stereocenters. The molecule has 2 heterocycles. The van der Waals surface area contributed by atoms with Crippen molar-refractivity contribution in [2.24, 2.45) is 0 Å². The fourth-order valence-corrected chi connectivity index (χ4v) is 2.84. The van der Waals surface area contributed by atoms with E-state index in [-0.39, 0.29) is 30.6 Å². The lowest BCUT2D eigenvalue weighted by Gasteiger charge is -2.23. The Morgan fingerprint density at radius 2 is 2.35 bits per heavy atom. The number of hydrogen-bond acceptors (Lipinski definition) is 5. The quantitative estimate of drug-likeness (QED) is 0.931. The Morgan fingerprint density at radius 3 is 3.09 bits per heavy atom. The summed E-state index contributed by atoms with van der Waals surface area (Å²) in [7, 11) is 1.51. The van der Waals surface area contributed by atoms with E-state index in [0.29, 0.717) is 17.7 Å². The number of likely N-dealkylation sites (tertiary alicyclic amines) is 1. The monoisotopic (exact) mass is 320 g/mol. The van der Waals surface area contributed by atoms with Crippen LogP contribution in [0.3, 0.4) is 0 Å². The smallest absolute Gasteiger partial charge is 0.276 e. The van der Waals surface area contributed by atoms with Gasteiger partial charge in [0.05, 0.1) is 12.1 Å². The van der Waals surface area contributed by atoms with Crippen molar-refractivity contribution in [2.45, 2.75) is 25.2 Å². The molecule has 0 bridgehead atoms.